The van der Waals surface area contributed by atoms with E-state index in [1.165, 1.54) is 14.0 Å². The van der Waals surface area contributed by atoms with E-state index in [-0.39, 0.29) is 11.9 Å². The van der Waals surface area contributed by atoms with Gasteiger partial charge in [-0.15, -0.1) is 0 Å². The molecule has 0 saturated carbocycles. The molecule has 1 aliphatic heterocycles. The number of fused-ring (bicyclic) bond motifs is 1. The lowest BCUT2D eigenvalue weighted by atomic mass is 10.1. The van der Waals surface area contributed by atoms with E-state index in [2.05, 4.69) is 5.32 Å². The summed E-state index contributed by atoms with van der Waals surface area (Å²) in [4.78, 5) is 37.7. The fourth-order valence-electron chi connectivity index (χ4n) is 2.33. The Hall–Kier alpha value is -2.21. The Morgan fingerprint density at radius 1 is 1.19 bits per heavy atom. The molecule has 2 atom stereocenters. The Balaban J connectivity index is 2.14. The number of carbonyl (C=O) groups is 3. The van der Waals surface area contributed by atoms with Gasteiger partial charge in [-0.2, -0.15) is 0 Å². The van der Waals surface area contributed by atoms with Gasteiger partial charge in [0.25, 0.3) is 11.8 Å². The van der Waals surface area contributed by atoms with Crippen molar-refractivity contribution in [3.05, 3.63) is 35.4 Å². The molecule has 0 aromatic heterocycles. The van der Waals surface area contributed by atoms with E-state index in [9.17, 15) is 14.4 Å². The van der Waals surface area contributed by atoms with E-state index >= 15 is 0 Å². The normalized spacial score (nSPS) is 16.6. The third-order valence-corrected chi connectivity index (χ3v) is 3.40. The number of amides is 3. The second-order valence-electron chi connectivity index (χ2n) is 5.07. The van der Waals surface area contributed by atoms with Crippen LogP contribution in [0, 0.1) is 0 Å². The molecule has 1 aliphatic rings. The first-order valence-electron chi connectivity index (χ1n) is 6.73. The van der Waals surface area contributed by atoms with Crippen molar-refractivity contribution in [1.29, 1.82) is 0 Å². The highest BCUT2D eigenvalue weighted by molar-refractivity contribution is 6.22. The molecule has 0 spiro atoms. The molecule has 21 heavy (non-hydrogen) atoms. The largest absolute Gasteiger partial charge is 0.383 e. The number of imide groups is 1. The first kappa shape index (κ1) is 15.2. The highest BCUT2D eigenvalue weighted by atomic mass is 16.5. The molecule has 1 aromatic carbocycles. The summed E-state index contributed by atoms with van der Waals surface area (Å²) >= 11 is 0. The van der Waals surface area contributed by atoms with Crippen LogP contribution in [-0.4, -0.2) is 48.4 Å². The topological polar surface area (TPSA) is 75.7 Å². The monoisotopic (exact) mass is 290 g/mol. The Kier molecular flexibility index (Phi) is 4.37. The van der Waals surface area contributed by atoms with Crippen molar-refractivity contribution >= 4 is 17.7 Å². The van der Waals surface area contributed by atoms with Crippen LogP contribution in [0.1, 0.15) is 34.6 Å². The number of rotatable bonds is 5. The van der Waals surface area contributed by atoms with Crippen LogP contribution in [0.4, 0.5) is 0 Å². The minimum atomic E-state index is -0.864. The van der Waals surface area contributed by atoms with Crippen LogP contribution >= 0.6 is 0 Å². The summed E-state index contributed by atoms with van der Waals surface area (Å²) < 4.78 is 4.94. The van der Waals surface area contributed by atoms with Crippen molar-refractivity contribution in [3.8, 4) is 0 Å². The Morgan fingerprint density at radius 2 is 1.71 bits per heavy atom. The van der Waals surface area contributed by atoms with Crippen LogP contribution in [0.3, 0.4) is 0 Å². The van der Waals surface area contributed by atoms with Gasteiger partial charge in [0.05, 0.1) is 17.7 Å². The van der Waals surface area contributed by atoms with E-state index in [1.807, 2.05) is 0 Å². The van der Waals surface area contributed by atoms with Crippen LogP contribution in [0.5, 0.6) is 0 Å². The third kappa shape index (κ3) is 2.80. The van der Waals surface area contributed by atoms with E-state index in [4.69, 9.17) is 4.74 Å². The molecule has 0 aliphatic carbocycles. The molecule has 1 aromatic rings. The van der Waals surface area contributed by atoms with Crippen molar-refractivity contribution in [3.63, 3.8) is 0 Å². The van der Waals surface area contributed by atoms with Crippen molar-refractivity contribution < 1.29 is 19.1 Å². The van der Waals surface area contributed by atoms with Gasteiger partial charge in [0.1, 0.15) is 6.04 Å². The maximum atomic E-state index is 12.3. The molecule has 6 nitrogen and oxygen atoms in total. The molecule has 2 unspecified atom stereocenters. The summed E-state index contributed by atoms with van der Waals surface area (Å²) in [6, 6.07) is 5.51. The van der Waals surface area contributed by atoms with Crippen molar-refractivity contribution in [2.75, 3.05) is 13.7 Å². The molecule has 6 heteroatoms. The molecule has 3 amide bonds. The Bertz CT molecular complexity index is 550. The van der Waals surface area contributed by atoms with E-state index in [0.717, 1.165) is 4.90 Å². The Labute approximate surface area is 123 Å². The number of nitrogens with zero attached hydrogens (tertiary/aromatic N) is 1. The predicted molar refractivity (Wildman–Crippen MR) is 75.9 cm³/mol. The zero-order valence-corrected chi connectivity index (χ0v) is 12.3. The minimum absolute atomic E-state index is 0.194. The maximum absolute atomic E-state index is 12.3. The zero-order chi connectivity index (χ0) is 15.6. The van der Waals surface area contributed by atoms with Gasteiger partial charge >= 0.3 is 0 Å². The second kappa shape index (κ2) is 6.05. The summed E-state index contributed by atoms with van der Waals surface area (Å²) in [7, 11) is 1.54. The quantitative estimate of drug-likeness (QED) is 0.815. The molecule has 0 bridgehead atoms. The van der Waals surface area contributed by atoms with Crippen molar-refractivity contribution in [2.24, 2.45) is 0 Å². The van der Waals surface area contributed by atoms with Gasteiger partial charge in [-0.05, 0) is 26.0 Å². The summed E-state index contributed by atoms with van der Waals surface area (Å²) in [5.74, 6) is -1.25. The highest BCUT2D eigenvalue weighted by Gasteiger charge is 2.40. The molecule has 0 saturated heterocycles. The third-order valence-electron chi connectivity index (χ3n) is 3.40. The van der Waals surface area contributed by atoms with Crippen molar-refractivity contribution in [2.45, 2.75) is 25.9 Å². The SMILES string of the molecule is COCC(C)NC(=O)C(C)N1C(=O)c2ccccc2C1=O. The molecule has 2 rings (SSSR count). The standard InChI is InChI=1S/C15H18N2O4/c1-9(8-21-3)16-13(18)10(2)17-14(19)11-6-4-5-7-12(11)15(17)20/h4-7,9-10H,8H2,1-3H3,(H,16,18). The highest BCUT2D eigenvalue weighted by Crippen LogP contribution is 2.24. The minimum Gasteiger partial charge on any atom is -0.383 e. The smallest absolute Gasteiger partial charge is 0.262 e. The number of carbonyl (C=O) groups excluding carboxylic acids is 3. The zero-order valence-electron chi connectivity index (χ0n) is 12.3. The molecule has 1 heterocycles. The molecule has 112 valence electrons. The average Bonchev–Trinajstić information content (AvgIpc) is 2.71. The van der Waals surface area contributed by atoms with Crippen LogP contribution in [0.25, 0.3) is 0 Å². The van der Waals surface area contributed by atoms with Gasteiger partial charge in [-0.25, -0.2) is 0 Å². The molecular formula is C15H18N2O4. The molecule has 0 radical (unpaired) electrons. The van der Waals surface area contributed by atoms with E-state index < -0.39 is 17.9 Å². The van der Waals surface area contributed by atoms with Gasteiger partial charge in [0, 0.05) is 13.2 Å². The lowest BCUT2D eigenvalue weighted by molar-refractivity contribution is -0.125. The number of benzene rings is 1. The van der Waals surface area contributed by atoms with Gasteiger partial charge in [-0.1, -0.05) is 12.1 Å². The predicted octanol–water partition coefficient (Wildman–Crippen LogP) is 0.822. The number of methoxy groups -OCH3 is 1. The van der Waals surface area contributed by atoms with Crippen LogP contribution < -0.4 is 5.32 Å². The first-order chi connectivity index (χ1) is 9.97. The lowest BCUT2D eigenvalue weighted by Gasteiger charge is -2.23. The summed E-state index contributed by atoms with van der Waals surface area (Å²) in [6.07, 6.45) is 0. The van der Waals surface area contributed by atoms with Gasteiger partial charge < -0.3 is 10.1 Å². The van der Waals surface area contributed by atoms with Crippen LogP contribution in [0.15, 0.2) is 24.3 Å². The average molecular weight is 290 g/mol. The van der Waals surface area contributed by atoms with E-state index in [0.29, 0.717) is 17.7 Å². The molecule has 0 fully saturated rings. The summed E-state index contributed by atoms with van der Waals surface area (Å²) in [6.45, 7) is 3.69. The lowest BCUT2D eigenvalue weighted by Crippen LogP contribution is -2.50. The molecular weight excluding hydrogens is 272 g/mol. The number of nitrogens with one attached hydrogen (secondary N) is 1. The Morgan fingerprint density at radius 3 is 2.19 bits per heavy atom. The fourth-order valence-corrected chi connectivity index (χ4v) is 2.33. The molecule has 1 N–H and O–H groups in total. The second-order valence-corrected chi connectivity index (χ2v) is 5.07. The van der Waals surface area contributed by atoms with Crippen molar-refractivity contribution in [1.82, 2.24) is 10.2 Å². The van der Waals surface area contributed by atoms with Gasteiger partial charge in [0.2, 0.25) is 5.91 Å². The van der Waals surface area contributed by atoms with Crippen LogP contribution in [0.2, 0.25) is 0 Å². The summed E-state index contributed by atoms with van der Waals surface area (Å²) in [5.41, 5.74) is 0.680. The van der Waals surface area contributed by atoms with Gasteiger partial charge in [0.15, 0.2) is 0 Å². The fraction of sp³-hybridized carbons (Fsp3) is 0.400. The first-order valence-corrected chi connectivity index (χ1v) is 6.73. The number of ether oxygens (including phenoxy) is 1. The number of hydrogen-bond acceptors (Lipinski definition) is 4. The van der Waals surface area contributed by atoms with Crippen LogP contribution in [-0.2, 0) is 9.53 Å². The number of hydrogen-bond donors (Lipinski definition) is 1. The van der Waals surface area contributed by atoms with Gasteiger partial charge in [-0.3, -0.25) is 19.3 Å². The maximum Gasteiger partial charge on any atom is 0.262 e. The van der Waals surface area contributed by atoms with E-state index in [1.54, 1.807) is 31.2 Å². The summed E-state index contributed by atoms with van der Waals surface area (Å²) in [5, 5.41) is 2.72.